The van der Waals surface area contributed by atoms with Crippen LogP contribution >= 0.6 is 34.8 Å². The molecule has 4 heterocycles. The molecule has 22 heteroatoms. The Morgan fingerprint density at radius 2 is 1.08 bits per heavy atom. The fourth-order valence-corrected chi connectivity index (χ4v) is 5.06. The maximum absolute atomic E-state index is 12.2. The molecule has 0 radical (unpaired) electrons. The van der Waals surface area contributed by atoms with Crippen LogP contribution in [-0.2, 0) is 44.4 Å². The van der Waals surface area contributed by atoms with Crippen molar-refractivity contribution in [2.75, 3.05) is 118 Å². The molecule has 0 unspecified atom stereocenters. The lowest BCUT2D eigenvalue weighted by molar-refractivity contribution is -0.138. The number of carbonyl (C=O) groups is 2. The minimum absolute atomic E-state index is 0.00287. The number of nitrogens with two attached hydrogens (primary N) is 3. The number of hydrogen-bond acceptors (Lipinski definition) is 17. The number of nitrogen functional groups attached to an aromatic ring is 2. The normalized spacial score (nSPS) is 15.0. The smallest absolute Gasteiger partial charge is 0.248 e. The molecule has 6 N–H and O–H groups in total. The number of piperidine rings is 2. The molecule has 53 heavy (non-hydrogen) atoms. The van der Waals surface area contributed by atoms with E-state index in [0.29, 0.717) is 84.1 Å². The van der Waals surface area contributed by atoms with Crippen molar-refractivity contribution in [1.82, 2.24) is 40.2 Å². The zero-order valence-corrected chi connectivity index (χ0v) is 32.6. The van der Waals surface area contributed by atoms with E-state index in [2.05, 4.69) is 30.4 Å². The first kappa shape index (κ1) is 46.3. The molecule has 2 aliphatic heterocycles. The fraction of sp³-hybridized carbons (Fsp3) is 0.742. The van der Waals surface area contributed by atoms with Crippen molar-refractivity contribution in [2.24, 2.45) is 11.7 Å². The van der Waals surface area contributed by atoms with Gasteiger partial charge in [-0.2, -0.15) is 4.98 Å². The summed E-state index contributed by atoms with van der Waals surface area (Å²) < 4.78 is 30.8. The van der Waals surface area contributed by atoms with Gasteiger partial charge in [-0.05, 0) is 43.2 Å². The molecule has 0 bridgehead atoms. The largest absolute Gasteiger partial charge is 0.382 e. The predicted molar refractivity (Wildman–Crippen MR) is 197 cm³/mol. The summed E-state index contributed by atoms with van der Waals surface area (Å²) in [6.07, 6.45) is 4.22. The second-order valence-electron chi connectivity index (χ2n) is 11.7. The zero-order valence-electron chi connectivity index (χ0n) is 30.3. The van der Waals surface area contributed by atoms with Gasteiger partial charge in [-0.1, -0.05) is 23.2 Å². The number of aromatic nitrogens is 6. The molecule has 2 aromatic rings. The molecular formula is C31H52Cl3N11O8. The molecular weight excluding hydrogens is 761 g/mol. The van der Waals surface area contributed by atoms with Crippen LogP contribution in [0.15, 0.2) is 0 Å². The molecule has 0 aromatic carbocycles. The average Bonchev–Trinajstić information content (AvgIpc) is 3.15. The van der Waals surface area contributed by atoms with Crippen molar-refractivity contribution in [3.8, 4) is 0 Å². The number of nitrogens with zero attached hydrogens (tertiary/aromatic N) is 8. The maximum Gasteiger partial charge on any atom is 0.248 e. The Bertz CT molecular complexity index is 1330. The molecule has 0 saturated carbocycles. The van der Waals surface area contributed by atoms with Crippen LogP contribution in [0.5, 0.6) is 0 Å². The molecule has 0 atom stereocenters. The highest BCUT2D eigenvalue weighted by Gasteiger charge is 2.24. The van der Waals surface area contributed by atoms with E-state index in [1.165, 1.54) is 0 Å². The Morgan fingerprint density at radius 3 is 1.53 bits per heavy atom. The summed E-state index contributed by atoms with van der Waals surface area (Å²) >= 11 is 16.4. The van der Waals surface area contributed by atoms with E-state index in [4.69, 9.17) is 80.4 Å². The highest BCUT2D eigenvalue weighted by atomic mass is 35.5. The summed E-state index contributed by atoms with van der Waals surface area (Å²) in [6, 6.07) is 0.240. The van der Waals surface area contributed by atoms with E-state index in [0.717, 1.165) is 38.8 Å². The SMILES string of the molecule is COCCOCCOCC(=O)N1CCC(Cc2nnc(Cl)c(N)n2)CC1.COCCOCCOCC(=O)N1CCC(N)CC1.Nc1nc(Cl)nnc1Cl. The van der Waals surface area contributed by atoms with Crippen LogP contribution < -0.4 is 17.2 Å². The number of methoxy groups -OCH3 is 2. The Hall–Kier alpha value is -2.85. The van der Waals surface area contributed by atoms with Gasteiger partial charge in [-0.15, -0.1) is 20.4 Å². The summed E-state index contributed by atoms with van der Waals surface area (Å²) in [6.45, 7) is 7.09. The van der Waals surface area contributed by atoms with E-state index in [1.54, 1.807) is 14.2 Å². The van der Waals surface area contributed by atoms with Gasteiger partial charge in [0.1, 0.15) is 13.2 Å². The number of hydrogen-bond donors (Lipinski definition) is 3. The summed E-state index contributed by atoms with van der Waals surface area (Å²) in [5.41, 5.74) is 16.6. The zero-order chi connectivity index (χ0) is 38.8. The molecule has 19 nitrogen and oxygen atoms in total. The molecule has 2 aliphatic rings. The van der Waals surface area contributed by atoms with E-state index in [-0.39, 0.29) is 58.3 Å². The van der Waals surface area contributed by atoms with Gasteiger partial charge in [0, 0.05) is 52.9 Å². The quantitative estimate of drug-likeness (QED) is 0.177. The number of likely N-dealkylation sites (tertiary alicyclic amines) is 2. The van der Waals surface area contributed by atoms with Gasteiger partial charge < -0.3 is 55.4 Å². The van der Waals surface area contributed by atoms with Crippen molar-refractivity contribution >= 4 is 58.3 Å². The third-order valence-electron chi connectivity index (χ3n) is 7.75. The van der Waals surface area contributed by atoms with Crippen LogP contribution in [0.3, 0.4) is 0 Å². The summed E-state index contributed by atoms with van der Waals surface area (Å²) in [5, 5.41) is 14.6. The van der Waals surface area contributed by atoms with Crippen molar-refractivity contribution in [1.29, 1.82) is 0 Å². The Kier molecular flexibility index (Phi) is 24.2. The van der Waals surface area contributed by atoms with Crippen molar-refractivity contribution in [3.05, 3.63) is 21.4 Å². The molecule has 4 rings (SSSR count). The highest BCUT2D eigenvalue weighted by molar-refractivity contribution is 6.32. The topological polar surface area (TPSA) is 251 Å². The minimum atomic E-state index is -0.00287. The number of ether oxygens (including phenoxy) is 6. The van der Waals surface area contributed by atoms with Crippen LogP contribution in [0.25, 0.3) is 0 Å². The molecule has 2 aromatic heterocycles. The van der Waals surface area contributed by atoms with E-state index in [1.807, 2.05) is 9.80 Å². The fourth-order valence-electron chi connectivity index (χ4n) is 4.77. The van der Waals surface area contributed by atoms with Gasteiger partial charge in [0.05, 0.1) is 52.9 Å². The Morgan fingerprint density at radius 1 is 0.642 bits per heavy atom. The molecule has 2 fully saturated rings. The van der Waals surface area contributed by atoms with Gasteiger partial charge in [0.25, 0.3) is 0 Å². The van der Waals surface area contributed by atoms with Crippen LogP contribution in [0.4, 0.5) is 11.6 Å². The summed E-state index contributed by atoms with van der Waals surface area (Å²) in [7, 11) is 3.25. The lowest BCUT2D eigenvalue weighted by atomic mass is 9.93. The lowest BCUT2D eigenvalue weighted by Crippen LogP contribution is -2.44. The maximum atomic E-state index is 12.2. The molecule has 2 saturated heterocycles. The predicted octanol–water partition coefficient (Wildman–Crippen LogP) is 0.944. The summed E-state index contributed by atoms with van der Waals surface area (Å²) in [4.78, 5) is 35.2. The third kappa shape index (κ3) is 20.4. The standard InChI is InChI=1S/C16H26ClN5O4.C12H24N2O4.C3H2Cl2N4/c1-24-6-7-25-8-9-26-11-14(23)22-4-2-12(3-5-22)10-13-19-16(18)15(17)21-20-13;1-16-6-7-17-8-9-18-10-12(15)14-4-2-11(13)3-5-14;4-1-2(6)7-3(5)9-8-1/h12H,2-11H2,1H3,(H2,18,19,20);11H,2-10,13H2,1H3;(H2,6,7,9). The Labute approximate surface area is 324 Å². The number of rotatable bonds is 18. The second-order valence-corrected chi connectivity index (χ2v) is 12.8. The number of halogens is 3. The van der Waals surface area contributed by atoms with Gasteiger partial charge >= 0.3 is 0 Å². The average molecular weight is 813 g/mol. The molecule has 300 valence electrons. The van der Waals surface area contributed by atoms with E-state index >= 15 is 0 Å². The first-order valence-corrected chi connectivity index (χ1v) is 18.2. The molecule has 2 amide bonds. The highest BCUT2D eigenvalue weighted by Crippen LogP contribution is 2.21. The van der Waals surface area contributed by atoms with Crippen molar-refractivity contribution in [3.63, 3.8) is 0 Å². The molecule has 0 aliphatic carbocycles. The first-order chi connectivity index (χ1) is 25.5. The van der Waals surface area contributed by atoms with Crippen molar-refractivity contribution in [2.45, 2.75) is 38.1 Å². The van der Waals surface area contributed by atoms with E-state index < -0.39 is 0 Å². The lowest BCUT2D eigenvalue weighted by Gasteiger charge is -2.31. The van der Waals surface area contributed by atoms with Crippen LogP contribution in [0.1, 0.15) is 31.5 Å². The molecule has 0 spiro atoms. The van der Waals surface area contributed by atoms with Crippen LogP contribution in [-0.4, -0.2) is 164 Å². The first-order valence-electron chi connectivity index (χ1n) is 17.1. The van der Waals surface area contributed by atoms with Gasteiger partial charge in [-0.3, -0.25) is 9.59 Å². The number of amides is 2. The summed E-state index contributed by atoms with van der Waals surface area (Å²) in [5.74, 6) is 1.34. The van der Waals surface area contributed by atoms with Crippen LogP contribution in [0, 0.1) is 5.92 Å². The number of anilines is 2. The van der Waals surface area contributed by atoms with Crippen LogP contribution in [0.2, 0.25) is 15.6 Å². The minimum Gasteiger partial charge on any atom is -0.382 e. The monoisotopic (exact) mass is 811 g/mol. The Balaban J connectivity index is 0.000000309. The van der Waals surface area contributed by atoms with Gasteiger partial charge in [0.15, 0.2) is 27.8 Å². The van der Waals surface area contributed by atoms with Crippen molar-refractivity contribution < 1.29 is 38.0 Å². The van der Waals surface area contributed by atoms with E-state index in [9.17, 15) is 9.59 Å². The van der Waals surface area contributed by atoms with Gasteiger partial charge in [0.2, 0.25) is 17.1 Å². The van der Waals surface area contributed by atoms with Gasteiger partial charge in [-0.25, -0.2) is 4.98 Å². The second kappa shape index (κ2) is 27.7. The number of carbonyl (C=O) groups excluding carboxylic acids is 2. The third-order valence-corrected chi connectivity index (χ3v) is 8.45.